The van der Waals surface area contributed by atoms with Gasteiger partial charge in [-0.2, -0.15) is 0 Å². The van der Waals surface area contributed by atoms with Gasteiger partial charge in [0.25, 0.3) is 17.4 Å². The first-order valence-corrected chi connectivity index (χ1v) is 14.8. The quantitative estimate of drug-likeness (QED) is 0.217. The normalized spacial score (nSPS) is 16.8. The number of benzene rings is 2. The highest BCUT2D eigenvalue weighted by Gasteiger charge is 2.22. The summed E-state index contributed by atoms with van der Waals surface area (Å²) in [4.78, 5) is 45.8. The highest BCUT2D eigenvalue weighted by Crippen LogP contribution is 2.33. The van der Waals surface area contributed by atoms with Gasteiger partial charge in [-0.05, 0) is 61.9 Å². The van der Waals surface area contributed by atoms with Crippen molar-refractivity contribution in [2.75, 3.05) is 30.3 Å². The number of aromatic hydroxyl groups is 1. The first-order valence-electron chi connectivity index (χ1n) is 14.0. The predicted octanol–water partition coefficient (Wildman–Crippen LogP) is 5.54. The third-order valence-electron chi connectivity index (χ3n) is 7.17. The Labute approximate surface area is 264 Å². The van der Waals surface area contributed by atoms with Crippen LogP contribution >= 0.6 is 23.2 Å². The van der Waals surface area contributed by atoms with E-state index in [1.165, 1.54) is 24.4 Å². The predicted molar refractivity (Wildman–Crippen MR) is 171 cm³/mol. The number of pyridine rings is 2. The summed E-state index contributed by atoms with van der Waals surface area (Å²) in [6, 6.07) is 15.7. The molecule has 0 spiro atoms. The monoisotopic (exact) mass is 635 g/mol. The number of nitrogens with zero attached hydrogens (tertiary/aromatic N) is 3. The Kier molecular flexibility index (Phi) is 9.65. The average Bonchev–Trinajstić information content (AvgIpc) is 2.98. The molecule has 2 aromatic carbocycles. The molecule has 0 aliphatic carbocycles. The number of hydrogen-bond donors (Lipinski definition) is 3. The molecule has 3 N–H and O–H groups in total. The van der Waals surface area contributed by atoms with Gasteiger partial charge in [0, 0.05) is 60.8 Å². The van der Waals surface area contributed by atoms with E-state index in [1.807, 2.05) is 19.9 Å². The standard InChI is InChI=1S/C32H31Cl2N5O5/c1-19-17-38(18-20(2)44-19)12-13-39-11-3-4-25(32(39)43)21-5-7-22(8-6-21)30(41)37-29-26(14-24(34)15-27(29)40)31(42)36-28-10-9-23(33)16-35-28/h3-11,14-16,19-20,40H,12-13,17-18H2,1-2H3,(H,37,41)(H,35,36,42). The van der Waals surface area contributed by atoms with Gasteiger partial charge < -0.3 is 25.0 Å². The lowest BCUT2D eigenvalue weighted by atomic mass is 10.0. The molecule has 1 fully saturated rings. The number of hydrogen-bond acceptors (Lipinski definition) is 7. The van der Waals surface area contributed by atoms with E-state index in [0.29, 0.717) is 22.7 Å². The Morgan fingerprint density at radius 1 is 0.955 bits per heavy atom. The number of phenols is 1. The minimum atomic E-state index is -0.652. The van der Waals surface area contributed by atoms with Gasteiger partial charge in [0.05, 0.1) is 28.5 Å². The molecule has 0 bridgehead atoms. The molecule has 2 aromatic heterocycles. The largest absolute Gasteiger partial charge is 0.506 e. The minimum Gasteiger partial charge on any atom is -0.506 e. The lowest BCUT2D eigenvalue weighted by molar-refractivity contribution is -0.0686. The molecule has 10 nitrogen and oxygen atoms in total. The summed E-state index contributed by atoms with van der Waals surface area (Å²) < 4.78 is 7.49. The molecule has 2 unspecified atom stereocenters. The first-order chi connectivity index (χ1) is 21.1. The fraction of sp³-hybridized carbons (Fsp3) is 0.250. The maximum atomic E-state index is 13.3. The van der Waals surface area contributed by atoms with Crippen molar-refractivity contribution in [2.45, 2.75) is 32.6 Å². The van der Waals surface area contributed by atoms with Crippen LogP contribution in [0.3, 0.4) is 0 Å². The smallest absolute Gasteiger partial charge is 0.259 e. The van der Waals surface area contributed by atoms with Gasteiger partial charge in [-0.1, -0.05) is 35.3 Å². The SMILES string of the molecule is CC1CN(CCn2cccc(-c3ccc(C(=O)Nc4c(O)cc(Cl)cc4C(=O)Nc4ccc(Cl)cn4)cc3)c2=O)CC(C)O1. The number of carbonyl (C=O) groups excluding carboxylic acids is 2. The van der Waals surface area contributed by atoms with E-state index in [1.54, 1.807) is 47.2 Å². The van der Waals surface area contributed by atoms with Crippen LogP contribution < -0.4 is 16.2 Å². The summed E-state index contributed by atoms with van der Waals surface area (Å²) in [5.41, 5.74) is 1.09. The highest BCUT2D eigenvalue weighted by molar-refractivity contribution is 6.32. The van der Waals surface area contributed by atoms with Crippen molar-refractivity contribution in [3.63, 3.8) is 0 Å². The van der Waals surface area contributed by atoms with Crippen LogP contribution in [0.4, 0.5) is 11.5 Å². The zero-order chi connectivity index (χ0) is 31.4. The van der Waals surface area contributed by atoms with E-state index < -0.39 is 11.8 Å². The maximum Gasteiger partial charge on any atom is 0.259 e. The number of aromatic nitrogens is 2. The van der Waals surface area contributed by atoms with Crippen LogP contribution in [0, 0.1) is 0 Å². The number of carbonyl (C=O) groups is 2. The van der Waals surface area contributed by atoms with Crippen LogP contribution in [0.15, 0.2) is 77.9 Å². The molecular formula is C32H31Cl2N5O5. The maximum absolute atomic E-state index is 13.3. The molecule has 5 rings (SSSR count). The molecule has 1 aliphatic heterocycles. The van der Waals surface area contributed by atoms with Crippen molar-refractivity contribution >= 4 is 46.5 Å². The molecule has 3 heterocycles. The van der Waals surface area contributed by atoms with Crippen LogP contribution in [-0.4, -0.2) is 63.2 Å². The summed E-state index contributed by atoms with van der Waals surface area (Å²) >= 11 is 12.0. The first kappa shape index (κ1) is 31.2. The average molecular weight is 637 g/mol. The number of nitrogens with one attached hydrogen (secondary N) is 2. The van der Waals surface area contributed by atoms with Crippen LogP contribution in [0.2, 0.25) is 10.0 Å². The van der Waals surface area contributed by atoms with Gasteiger partial charge >= 0.3 is 0 Å². The summed E-state index contributed by atoms with van der Waals surface area (Å²) in [6.45, 7) is 7.01. The van der Waals surface area contributed by atoms with Gasteiger partial charge in [0.2, 0.25) is 0 Å². The summed E-state index contributed by atoms with van der Waals surface area (Å²) in [5.74, 6) is -1.40. The topological polar surface area (TPSA) is 126 Å². The summed E-state index contributed by atoms with van der Waals surface area (Å²) in [6.07, 6.45) is 3.44. The summed E-state index contributed by atoms with van der Waals surface area (Å²) in [5, 5.41) is 16.3. The zero-order valence-corrected chi connectivity index (χ0v) is 25.6. The molecule has 12 heteroatoms. The molecule has 44 heavy (non-hydrogen) atoms. The molecule has 4 aromatic rings. The molecule has 0 saturated carbocycles. The third kappa shape index (κ3) is 7.46. The summed E-state index contributed by atoms with van der Waals surface area (Å²) in [7, 11) is 0. The van der Waals surface area contributed by atoms with E-state index in [0.717, 1.165) is 19.6 Å². The number of amides is 2. The van der Waals surface area contributed by atoms with Gasteiger partial charge in [-0.25, -0.2) is 4.98 Å². The number of phenolic OH excluding ortho intramolecular Hbond substituents is 1. The minimum absolute atomic E-state index is 0.0671. The Morgan fingerprint density at radius 3 is 2.36 bits per heavy atom. The van der Waals surface area contributed by atoms with Crippen LogP contribution in [0.1, 0.15) is 34.6 Å². The van der Waals surface area contributed by atoms with Crippen LogP contribution in [-0.2, 0) is 11.3 Å². The Balaban J connectivity index is 1.30. The van der Waals surface area contributed by atoms with E-state index in [4.69, 9.17) is 27.9 Å². The Bertz CT molecular complexity index is 1720. The third-order valence-corrected chi connectivity index (χ3v) is 7.61. The number of ether oxygens (including phenoxy) is 1. The lowest BCUT2D eigenvalue weighted by Crippen LogP contribution is -2.46. The molecular weight excluding hydrogens is 605 g/mol. The van der Waals surface area contributed by atoms with Crippen LogP contribution in [0.5, 0.6) is 5.75 Å². The molecule has 1 aliphatic rings. The second-order valence-electron chi connectivity index (χ2n) is 10.6. The molecule has 0 radical (unpaired) electrons. The van der Waals surface area contributed by atoms with Crippen LogP contribution in [0.25, 0.3) is 11.1 Å². The van der Waals surface area contributed by atoms with Crippen molar-refractivity contribution in [2.24, 2.45) is 0 Å². The zero-order valence-electron chi connectivity index (χ0n) is 24.1. The number of anilines is 2. The second-order valence-corrected chi connectivity index (χ2v) is 11.5. The van der Waals surface area contributed by atoms with Gasteiger partial charge in [-0.3, -0.25) is 19.3 Å². The number of halogens is 2. The van der Waals surface area contributed by atoms with E-state index in [2.05, 4.69) is 20.5 Å². The van der Waals surface area contributed by atoms with Crippen molar-refractivity contribution in [1.29, 1.82) is 0 Å². The lowest BCUT2D eigenvalue weighted by Gasteiger charge is -2.35. The second kappa shape index (κ2) is 13.6. The molecule has 2 atom stereocenters. The van der Waals surface area contributed by atoms with Crippen molar-refractivity contribution < 1.29 is 19.4 Å². The molecule has 228 valence electrons. The molecule has 2 amide bonds. The fourth-order valence-corrected chi connectivity index (χ4v) is 5.50. The Morgan fingerprint density at radius 2 is 1.68 bits per heavy atom. The molecule has 1 saturated heterocycles. The van der Waals surface area contributed by atoms with Crippen molar-refractivity contribution in [1.82, 2.24) is 14.5 Å². The van der Waals surface area contributed by atoms with Crippen molar-refractivity contribution in [3.05, 3.63) is 105 Å². The highest BCUT2D eigenvalue weighted by atomic mass is 35.5. The fourth-order valence-electron chi connectivity index (χ4n) is 5.17. The van der Waals surface area contributed by atoms with Gasteiger partial charge in [0.1, 0.15) is 11.6 Å². The Hall–Kier alpha value is -4.22. The van der Waals surface area contributed by atoms with E-state index in [9.17, 15) is 19.5 Å². The number of rotatable bonds is 8. The van der Waals surface area contributed by atoms with Gasteiger partial charge in [0.15, 0.2) is 0 Å². The van der Waals surface area contributed by atoms with Gasteiger partial charge in [-0.15, -0.1) is 0 Å². The number of morpholine rings is 1. The van der Waals surface area contributed by atoms with E-state index in [-0.39, 0.29) is 51.2 Å². The van der Waals surface area contributed by atoms with Crippen molar-refractivity contribution in [3.8, 4) is 16.9 Å². The van der Waals surface area contributed by atoms with E-state index >= 15 is 0 Å².